The molecule has 0 spiro atoms. The molecule has 0 saturated carbocycles. The lowest BCUT2D eigenvalue weighted by molar-refractivity contribution is -0.141. The smallest absolute Gasteiger partial charge is 0.327 e. The van der Waals surface area contributed by atoms with Gasteiger partial charge in [0.05, 0.1) is 6.04 Å². The van der Waals surface area contributed by atoms with E-state index in [0.29, 0.717) is 12.8 Å². The van der Waals surface area contributed by atoms with Crippen LogP contribution in [-0.2, 0) is 25.6 Å². The van der Waals surface area contributed by atoms with Crippen LogP contribution in [0.15, 0.2) is 35.3 Å². The Morgan fingerprint density at radius 1 is 0.946 bits per heavy atom. The minimum atomic E-state index is -1.25. The lowest BCUT2D eigenvalue weighted by Gasteiger charge is -2.25. The monoisotopic (exact) mass is 537 g/mol. The molecule has 13 heteroatoms. The van der Waals surface area contributed by atoms with Crippen LogP contribution in [0, 0.1) is 5.92 Å². The van der Waals surface area contributed by atoms with E-state index >= 15 is 0 Å². The summed E-state index contributed by atoms with van der Waals surface area (Å²) in [5, 5.41) is 17.0. The topological polar surface area (TPSA) is 215 Å². The summed E-state index contributed by atoms with van der Waals surface area (Å²) in [7, 11) is 0. The molecule has 0 aromatic heterocycles. The highest BCUT2D eigenvalue weighted by Crippen LogP contribution is 2.08. The third-order valence-corrected chi connectivity index (χ3v) is 5.72. The summed E-state index contributed by atoms with van der Waals surface area (Å²) in [6, 6.07) is 4.73. The van der Waals surface area contributed by atoms with Gasteiger partial charge in [0.25, 0.3) is 0 Å². The second kappa shape index (κ2) is 16.4. The molecule has 12 nitrogen and oxygen atoms in total. The predicted octanol–water partition coefficient (Wildman–Crippen LogP) is -0.875. The number of thiol groups is 1. The van der Waals surface area contributed by atoms with Gasteiger partial charge < -0.3 is 38.3 Å². The first-order chi connectivity index (χ1) is 17.4. The van der Waals surface area contributed by atoms with Gasteiger partial charge in [-0.05, 0) is 30.7 Å². The van der Waals surface area contributed by atoms with Gasteiger partial charge in [0.15, 0.2) is 5.96 Å². The number of aliphatic imine (C=N–C) groups is 1. The van der Waals surface area contributed by atoms with E-state index in [9.17, 15) is 24.3 Å². The van der Waals surface area contributed by atoms with Crippen molar-refractivity contribution in [3.05, 3.63) is 35.9 Å². The van der Waals surface area contributed by atoms with Crippen molar-refractivity contribution < 1.29 is 24.3 Å². The van der Waals surface area contributed by atoms with E-state index in [2.05, 4.69) is 33.6 Å². The molecule has 0 saturated heterocycles. The summed E-state index contributed by atoms with van der Waals surface area (Å²) in [4.78, 5) is 54.2. The van der Waals surface area contributed by atoms with Gasteiger partial charge in [0.2, 0.25) is 17.7 Å². The van der Waals surface area contributed by atoms with E-state index < -0.39 is 47.9 Å². The number of amides is 3. The Morgan fingerprint density at radius 2 is 1.51 bits per heavy atom. The fourth-order valence-electron chi connectivity index (χ4n) is 3.46. The molecule has 0 aliphatic carbocycles. The van der Waals surface area contributed by atoms with E-state index in [4.69, 9.17) is 17.2 Å². The van der Waals surface area contributed by atoms with E-state index in [0.717, 1.165) is 5.56 Å². The number of hydrogen-bond acceptors (Lipinski definition) is 7. The van der Waals surface area contributed by atoms with E-state index in [1.54, 1.807) is 30.3 Å². The van der Waals surface area contributed by atoms with Crippen LogP contribution < -0.4 is 33.2 Å². The summed E-state index contributed by atoms with van der Waals surface area (Å²) < 4.78 is 0. The number of nitrogens with zero attached hydrogens (tertiary/aromatic N) is 1. The lowest BCUT2D eigenvalue weighted by atomic mass is 10.0. The van der Waals surface area contributed by atoms with Crippen LogP contribution in [0.1, 0.15) is 38.7 Å². The average Bonchev–Trinajstić information content (AvgIpc) is 2.83. The predicted molar refractivity (Wildman–Crippen MR) is 145 cm³/mol. The molecule has 206 valence electrons. The van der Waals surface area contributed by atoms with E-state index in [1.807, 2.05) is 13.8 Å². The maximum atomic E-state index is 13.3. The normalized spacial score (nSPS) is 14.1. The fourth-order valence-corrected chi connectivity index (χ4v) is 3.70. The molecule has 4 unspecified atom stereocenters. The molecule has 10 N–H and O–H groups in total. The Labute approximate surface area is 222 Å². The average molecular weight is 538 g/mol. The number of rotatable bonds is 16. The summed E-state index contributed by atoms with van der Waals surface area (Å²) in [6.45, 7) is 4.08. The Kier molecular flexibility index (Phi) is 14.1. The minimum absolute atomic E-state index is 0.0961. The number of hydrogen-bond donors (Lipinski definition) is 8. The molecule has 0 aliphatic heterocycles. The molecule has 0 aliphatic rings. The maximum Gasteiger partial charge on any atom is 0.327 e. The van der Waals surface area contributed by atoms with Gasteiger partial charge >= 0.3 is 5.97 Å². The number of carbonyl (C=O) groups excluding carboxylic acids is 3. The number of carboxylic acids is 1. The summed E-state index contributed by atoms with van der Waals surface area (Å²) in [5.41, 5.74) is 17.4. The zero-order valence-corrected chi connectivity index (χ0v) is 22.1. The van der Waals surface area contributed by atoms with Crippen molar-refractivity contribution in [3.63, 3.8) is 0 Å². The summed E-state index contributed by atoms with van der Waals surface area (Å²) in [6.07, 6.45) is 1.06. The third-order valence-electron chi connectivity index (χ3n) is 5.35. The molecule has 0 heterocycles. The summed E-state index contributed by atoms with van der Waals surface area (Å²) >= 11 is 3.97. The second-order valence-electron chi connectivity index (χ2n) is 9.08. The van der Waals surface area contributed by atoms with Crippen LogP contribution in [0.25, 0.3) is 0 Å². The molecule has 1 aromatic carbocycles. The quantitative estimate of drug-likeness (QED) is 0.0572. The number of nitrogens with one attached hydrogen (secondary N) is 3. The Morgan fingerprint density at radius 3 is 2.05 bits per heavy atom. The SMILES string of the molecule is CC(C)CC(N)C(=O)NC(CCCN=C(N)N)C(=O)NC(Cc1ccccc1)C(=O)NC(CS)C(=O)O. The fraction of sp³-hybridized carbons (Fsp3) is 0.542. The number of carbonyl (C=O) groups is 4. The van der Waals surface area contributed by atoms with Gasteiger partial charge in [-0.15, -0.1) is 0 Å². The van der Waals surface area contributed by atoms with Crippen LogP contribution in [0.5, 0.6) is 0 Å². The van der Waals surface area contributed by atoms with Gasteiger partial charge in [0.1, 0.15) is 18.1 Å². The van der Waals surface area contributed by atoms with Crippen molar-refractivity contribution in [2.45, 2.75) is 63.7 Å². The zero-order valence-electron chi connectivity index (χ0n) is 21.2. The number of benzene rings is 1. The van der Waals surface area contributed by atoms with Crippen molar-refractivity contribution in [1.29, 1.82) is 0 Å². The van der Waals surface area contributed by atoms with Gasteiger partial charge in [-0.3, -0.25) is 19.4 Å². The third kappa shape index (κ3) is 12.5. The van der Waals surface area contributed by atoms with Gasteiger partial charge in [-0.25, -0.2) is 4.79 Å². The van der Waals surface area contributed by atoms with Crippen molar-refractivity contribution >= 4 is 42.3 Å². The van der Waals surface area contributed by atoms with Crippen LogP contribution in [0.3, 0.4) is 0 Å². The van der Waals surface area contributed by atoms with Gasteiger partial charge in [0, 0.05) is 18.7 Å². The minimum Gasteiger partial charge on any atom is -0.480 e. The highest BCUT2D eigenvalue weighted by Gasteiger charge is 2.30. The van der Waals surface area contributed by atoms with Crippen molar-refractivity contribution in [1.82, 2.24) is 16.0 Å². The molecule has 0 fully saturated rings. The largest absolute Gasteiger partial charge is 0.480 e. The maximum absolute atomic E-state index is 13.3. The van der Waals surface area contributed by atoms with Crippen LogP contribution in [0.4, 0.5) is 0 Å². The van der Waals surface area contributed by atoms with Crippen molar-refractivity contribution in [3.8, 4) is 0 Å². The number of nitrogens with two attached hydrogens (primary N) is 3. The first-order valence-corrected chi connectivity index (χ1v) is 12.7. The van der Waals surface area contributed by atoms with Crippen LogP contribution in [0.2, 0.25) is 0 Å². The highest BCUT2D eigenvalue weighted by atomic mass is 32.1. The van der Waals surface area contributed by atoms with Crippen LogP contribution in [-0.4, -0.2) is 71.2 Å². The molecule has 4 atom stereocenters. The number of guanidine groups is 1. The molecule has 1 rings (SSSR count). The molecular weight excluding hydrogens is 498 g/mol. The molecule has 37 heavy (non-hydrogen) atoms. The Bertz CT molecular complexity index is 925. The highest BCUT2D eigenvalue weighted by molar-refractivity contribution is 7.80. The molecule has 0 radical (unpaired) electrons. The second-order valence-corrected chi connectivity index (χ2v) is 9.44. The van der Waals surface area contributed by atoms with Crippen molar-refractivity contribution in [2.24, 2.45) is 28.1 Å². The van der Waals surface area contributed by atoms with Crippen molar-refractivity contribution in [2.75, 3.05) is 12.3 Å². The molecular formula is C24H39N7O5S. The first kappa shape index (κ1) is 31.7. The molecule has 3 amide bonds. The van der Waals surface area contributed by atoms with Gasteiger partial charge in [-0.2, -0.15) is 12.6 Å². The van der Waals surface area contributed by atoms with E-state index in [-0.39, 0.29) is 37.0 Å². The first-order valence-electron chi connectivity index (χ1n) is 12.0. The van der Waals surface area contributed by atoms with E-state index in [1.165, 1.54) is 0 Å². The lowest BCUT2D eigenvalue weighted by Crippen LogP contribution is -2.58. The summed E-state index contributed by atoms with van der Waals surface area (Å²) in [5.74, 6) is -3.13. The standard InChI is InChI=1S/C24H39N7O5S/c1-14(2)11-16(25)20(32)29-17(9-6-10-28-24(26)27)21(33)30-18(12-15-7-4-3-5-8-15)22(34)31-19(13-37)23(35)36/h3-5,7-8,14,16-19,37H,6,9-13,25H2,1-2H3,(H,29,32)(H,30,33)(H,31,34)(H,35,36)(H4,26,27,28). The Balaban J connectivity index is 3.10. The molecule has 1 aromatic rings. The zero-order chi connectivity index (χ0) is 28.0. The van der Waals surface area contributed by atoms with Crippen LogP contribution >= 0.6 is 12.6 Å². The number of aliphatic carboxylic acids is 1. The van der Waals surface area contributed by atoms with Gasteiger partial charge in [-0.1, -0.05) is 44.2 Å². The Hall–Kier alpha value is -3.32. The number of carboxylic acid groups (broad SMARTS) is 1. The molecule has 0 bridgehead atoms.